The van der Waals surface area contributed by atoms with Crippen LogP contribution in [0.4, 0.5) is 18.9 Å². The van der Waals surface area contributed by atoms with Crippen molar-refractivity contribution in [3.05, 3.63) is 28.8 Å². The Hall–Kier alpha value is -1.76. The molecule has 1 aromatic carbocycles. The minimum absolute atomic E-state index is 0.221. The molecule has 0 spiro atoms. The lowest BCUT2D eigenvalue weighted by Gasteiger charge is -2.18. The quantitative estimate of drug-likeness (QED) is 0.923. The minimum atomic E-state index is -4.47. The first-order valence-electron chi connectivity index (χ1n) is 6.58. The highest BCUT2D eigenvalue weighted by atomic mass is 35.5. The van der Waals surface area contributed by atoms with Gasteiger partial charge < -0.3 is 10.2 Å². The van der Waals surface area contributed by atoms with Crippen molar-refractivity contribution in [3.8, 4) is 0 Å². The van der Waals surface area contributed by atoms with Crippen LogP contribution in [0.5, 0.6) is 0 Å². The maximum atomic E-state index is 12.3. The van der Waals surface area contributed by atoms with Gasteiger partial charge in [0.05, 0.1) is 5.92 Å². The lowest BCUT2D eigenvalue weighted by molar-refractivity contribution is -0.157. The van der Waals surface area contributed by atoms with Crippen LogP contribution in [0.2, 0.25) is 5.02 Å². The Bertz CT molecular complexity index is 604. The lowest BCUT2D eigenvalue weighted by Crippen LogP contribution is -2.36. The van der Waals surface area contributed by atoms with Gasteiger partial charge in [0.25, 0.3) is 0 Å². The van der Waals surface area contributed by atoms with Gasteiger partial charge in [0.2, 0.25) is 11.8 Å². The summed E-state index contributed by atoms with van der Waals surface area (Å²) in [6.07, 6.45) is -4.69. The number of halogens is 4. The van der Waals surface area contributed by atoms with E-state index in [1.165, 1.54) is 0 Å². The highest BCUT2D eigenvalue weighted by Gasteiger charge is 2.40. The lowest BCUT2D eigenvalue weighted by atomic mass is 10.1. The van der Waals surface area contributed by atoms with Gasteiger partial charge in [-0.2, -0.15) is 13.2 Å². The third-order valence-corrected chi connectivity index (χ3v) is 3.89. The molecule has 1 aliphatic rings. The fourth-order valence-corrected chi connectivity index (χ4v) is 2.47. The Balaban J connectivity index is 2.02. The average Bonchev–Trinajstić information content (AvgIpc) is 2.74. The molecule has 2 rings (SSSR count). The first-order valence-corrected chi connectivity index (χ1v) is 6.95. The first-order chi connectivity index (χ1) is 10.2. The van der Waals surface area contributed by atoms with Crippen molar-refractivity contribution in [2.75, 3.05) is 18.4 Å². The van der Waals surface area contributed by atoms with Crippen LogP contribution < -0.4 is 5.32 Å². The topological polar surface area (TPSA) is 49.4 Å². The molecule has 1 N–H and O–H groups in total. The number of nitrogens with zero attached hydrogens (tertiary/aromatic N) is 1. The summed E-state index contributed by atoms with van der Waals surface area (Å²) in [5.41, 5.74) is 1.15. The van der Waals surface area contributed by atoms with E-state index < -0.39 is 30.5 Å². The van der Waals surface area contributed by atoms with E-state index in [-0.39, 0.29) is 13.0 Å². The monoisotopic (exact) mass is 334 g/mol. The number of rotatable bonds is 3. The standard InChI is InChI=1S/C14H14ClF3N2O2/c1-8-10(15)3-2-4-11(8)19-13(22)9-5-12(21)20(6-9)7-14(16,17)18/h2-4,9H,5-7H2,1H3,(H,19,22). The Morgan fingerprint density at radius 3 is 2.77 bits per heavy atom. The smallest absolute Gasteiger partial charge is 0.333 e. The van der Waals surface area contributed by atoms with Gasteiger partial charge in [-0.3, -0.25) is 9.59 Å². The summed E-state index contributed by atoms with van der Waals surface area (Å²) in [5.74, 6) is -1.95. The zero-order valence-corrected chi connectivity index (χ0v) is 12.5. The number of hydrogen-bond acceptors (Lipinski definition) is 2. The molecule has 0 radical (unpaired) electrons. The van der Waals surface area contributed by atoms with Gasteiger partial charge in [0.1, 0.15) is 6.54 Å². The highest BCUT2D eigenvalue weighted by Crippen LogP contribution is 2.27. The van der Waals surface area contributed by atoms with E-state index in [4.69, 9.17) is 11.6 Å². The fraction of sp³-hybridized carbons (Fsp3) is 0.429. The van der Waals surface area contributed by atoms with Crippen molar-refractivity contribution < 1.29 is 22.8 Å². The SMILES string of the molecule is Cc1c(Cl)cccc1NC(=O)C1CC(=O)N(CC(F)(F)F)C1. The zero-order chi connectivity index (χ0) is 16.5. The van der Waals surface area contributed by atoms with Gasteiger partial charge in [0.15, 0.2) is 0 Å². The van der Waals surface area contributed by atoms with Crippen LogP contribution >= 0.6 is 11.6 Å². The molecule has 1 atom stereocenters. The van der Waals surface area contributed by atoms with Crippen molar-refractivity contribution in [2.24, 2.45) is 5.92 Å². The number of alkyl halides is 3. The van der Waals surface area contributed by atoms with Crippen LogP contribution in [0.15, 0.2) is 18.2 Å². The molecule has 8 heteroatoms. The second-order valence-electron chi connectivity index (χ2n) is 5.19. The summed E-state index contributed by atoms with van der Waals surface area (Å²) in [4.78, 5) is 24.3. The van der Waals surface area contributed by atoms with Crippen molar-refractivity contribution in [1.82, 2.24) is 4.90 Å². The Labute approximate surface area is 130 Å². The molecule has 1 aromatic rings. The molecule has 0 aromatic heterocycles. The van der Waals surface area contributed by atoms with Crippen molar-refractivity contribution >= 4 is 29.1 Å². The molecule has 1 aliphatic heterocycles. The molecule has 4 nitrogen and oxygen atoms in total. The summed E-state index contributed by atoms with van der Waals surface area (Å²) in [7, 11) is 0. The van der Waals surface area contributed by atoms with Gasteiger partial charge in [0, 0.05) is 23.7 Å². The fourth-order valence-electron chi connectivity index (χ4n) is 2.29. The normalized spacial score (nSPS) is 18.7. The van der Waals surface area contributed by atoms with Crippen molar-refractivity contribution in [2.45, 2.75) is 19.5 Å². The van der Waals surface area contributed by atoms with Crippen molar-refractivity contribution in [1.29, 1.82) is 0 Å². The van der Waals surface area contributed by atoms with E-state index in [2.05, 4.69) is 5.32 Å². The number of likely N-dealkylation sites (tertiary alicyclic amines) is 1. The molecule has 1 fully saturated rings. The number of benzene rings is 1. The number of nitrogens with one attached hydrogen (secondary N) is 1. The summed E-state index contributed by atoms with van der Waals surface area (Å²) in [5, 5.41) is 3.08. The summed E-state index contributed by atoms with van der Waals surface area (Å²) < 4.78 is 37.0. The number of amides is 2. The molecule has 1 unspecified atom stereocenters. The molecular formula is C14H14ClF3N2O2. The van der Waals surface area contributed by atoms with Gasteiger partial charge in [-0.05, 0) is 24.6 Å². The number of anilines is 1. The molecule has 0 saturated carbocycles. The summed E-state index contributed by atoms with van der Waals surface area (Å²) >= 11 is 5.94. The number of carbonyl (C=O) groups is 2. The van der Waals surface area contributed by atoms with Gasteiger partial charge in [-0.1, -0.05) is 17.7 Å². The highest BCUT2D eigenvalue weighted by molar-refractivity contribution is 6.31. The molecule has 1 saturated heterocycles. The molecule has 120 valence electrons. The second-order valence-corrected chi connectivity index (χ2v) is 5.60. The molecular weight excluding hydrogens is 321 g/mol. The van der Waals surface area contributed by atoms with E-state index >= 15 is 0 Å². The van der Waals surface area contributed by atoms with Crippen LogP contribution in [0.1, 0.15) is 12.0 Å². The Morgan fingerprint density at radius 1 is 1.45 bits per heavy atom. The largest absolute Gasteiger partial charge is 0.406 e. The molecule has 0 bridgehead atoms. The van der Waals surface area contributed by atoms with E-state index in [1.54, 1.807) is 25.1 Å². The third-order valence-electron chi connectivity index (χ3n) is 3.48. The van der Waals surface area contributed by atoms with Crippen LogP contribution in [-0.4, -0.2) is 36.0 Å². The predicted octanol–water partition coefficient (Wildman–Crippen LogP) is 3.00. The minimum Gasteiger partial charge on any atom is -0.333 e. The zero-order valence-electron chi connectivity index (χ0n) is 11.7. The maximum absolute atomic E-state index is 12.3. The van der Waals surface area contributed by atoms with Crippen LogP contribution in [0.25, 0.3) is 0 Å². The maximum Gasteiger partial charge on any atom is 0.406 e. The van der Waals surface area contributed by atoms with Crippen LogP contribution in [0, 0.1) is 12.8 Å². The molecule has 22 heavy (non-hydrogen) atoms. The van der Waals surface area contributed by atoms with E-state index in [0.29, 0.717) is 21.2 Å². The summed E-state index contributed by atoms with van der Waals surface area (Å²) in [6.45, 7) is 0.156. The van der Waals surface area contributed by atoms with Crippen LogP contribution in [-0.2, 0) is 9.59 Å². The van der Waals surface area contributed by atoms with E-state index in [0.717, 1.165) is 0 Å². The predicted molar refractivity (Wildman–Crippen MR) is 75.6 cm³/mol. The second kappa shape index (κ2) is 6.16. The van der Waals surface area contributed by atoms with Crippen molar-refractivity contribution in [3.63, 3.8) is 0 Å². The van der Waals surface area contributed by atoms with Gasteiger partial charge in [-0.25, -0.2) is 0 Å². The molecule has 2 amide bonds. The van der Waals surface area contributed by atoms with Gasteiger partial charge in [-0.15, -0.1) is 0 Å². The molecule has 0 aliphatic carbocycles. The number of hydrogen-bond donors (Lipinski definition) is 1. The summed E-state index contributed by atoms with van der Waals surface area (Å²) in [6, 6.07) is 4.96. The Kier molecular flexibility index (Phi) is 4.65. The van der Waals surface area contributed by atoms with E-state index in [1.807, 2.05) is 0 Å². The first kappa shape index (κ1) is 16.6. The Morgan fingerprint density at radius 2 is 2.14 bits per heavy atom. The van der Waals surface area contributed by atoms with Crippen LogP contribution in [0.3, 0.4) is 0 Å². The molecule has 1 heterocycles. The average molecular weight is 335 g/mol. The van der Waals surface area contributed by atoms with Gasteiger partial charge >= 0.3 is 6.18 Å². The third kappa shape index (κ3) is 3.91. The number of carbonyl (C=O) groups excluding carboxylic acids is 2. The van der Waals surface area contributed by atoms with E-state index in [9.17, 15) is 22.8 Å².